The van der Waals surface area contributed by atoms with Crippen LogP contribution in [0.3, 0.4) is 0 Å². The van der Waals surface area contributed by atoms with Crippen LogP contribution in [0.4, 0.5) is 0 Å². The van der Waals surface area contributed by atoms with Gasteiger partial charge >= 0.3 is 0 Å². The van der Waals surface area contributed by atoms with E-state index in [1.54, 1.807) is 18.8 Å². The quantitative estimate of drug-likeness (QED) is 0.381. The number of nitrogens with zero attached hydrogens (tertiary/aromatic N) is 1. The van der Waals surface area contributed by atoms with Crippen LogP contribution in [0.5, 0.6) is 0 Å². The van der Waals surface area contributed by atoms with Crippen molar-refractivity contribution in [2.75, 3.05) is 44.2 Å². The summed E-state index contributed by atoms with van der Waals surface area (Å²) in [5.41, 5.74) is 0. The molecule has 15 heavy (non-hydrogen) atoms. The van der Waals surface area contributed by atoms with Gasteiger partial charge in [0.2, 0.25) is 0 Å². The normalized spacial score (nSPS) is 12.6. The number of thioether (sulfide) groups is 1. The number of aliphatic imine (C=N–C) groups is 1. The fraction of sp³-hybridized carbons (Fsp3) is 0.875. The van der Waals surface area contributed by atoms with Gasteiger partial charge in [0.1, 0.15) is 9.84 Å². The Hall–Kier alpha value is -0.430. The molecule has 0 fully saturated rings. The fourth-order valence-corrected chi connectivity index (χ4v) is 1.63. The van der Waals surface area contributed by atoms with Gasteiger partial charge in [0.05, 0.1) is 5.75 Å². The van der Waals surface area contributed by atoms with Crippen LogP contribution in [0.1, 0.15) is 0 Å². The predicted octanol–water partition coefficient (Wildman–Crippen LogP) is -0.441. The molecule has 0 aliphatic carbocycles. The maximum atomic E-state index is 10.9. The third-order valence-corrected chi connectivity index (χ3v) is 3.15. The van der Waals surface area contributed by atoms with Gasteiger partial charge < -0.3 is 10.6 Å². The summed E-state index contributed by atoms with van der Waals surface area (Å²) in [6, 6.07) is 0. The third kappa shape index (κ3) is 9.86. The molecule has 0 unspecified atom stereocenters. The Bertz CT molecular complexity index is 288. The van der Waals surface area contributed by atoms with E-state index in [0.29, 0.717) is 12.5 Å². The minimum absolute atomic E-state index is 0.121. The van der Waals surface area contributed by atoms with Crippen molar-refractivity contribution in [1.29, 1.82) is 0 Å². The van der Waals surface area contributed by atoms with E-state index in [-0.39, 0.29) is 5.75 Å². The standard InChI is InChI=1S/C8H19N3O2S2/c1-9-8(10-4-6-14-2)11-5-7-15(3,12)13/h4-7H2,1-3H3,(H2,9,10,11). The second kappa shape index (κ2) is 7.81. The summed E-state index contributed by atoms with van der Waals surface area (Å²) in [4.78, 5) is 3.97. The molecule has 0 amide bonds. The van der Waals surface area contributed by atoms with Gasteiger partial charge in [-0.25, -0.2) is 8.42 Å². The van der Waals surface area contributed by atoms with Gasteiger partial charge in [0.25, 0.3) is 0 Å². The minimum atomic E-state index is -2.90. The van der Waals surface area contributed by atoms with Crippen molar-refractivity contribution in [3.05, 3.63) is 0 Å². The monoisotopic (exact) mass is 253 g/mol. The van der Waals surface area contributed by atoms with Gasteiger partial charge in [0, 0.05) is 32.1 Å². The number of sulfone groups is 1. The molecular weight excluding hydrogens is 234 g/mol. The van der Waals surface area contributed by atoms with Crippen LogP contribution in [-0.2, 0) is 9.84 Å². The maximum Gasteiger partial charge on any atom is 0.191 e. The predicted molar refractivity (Wildman–Crippen MR) is 67.5 cm³/mol. The first-order valence-corrected chi connectivity index (χ1v) is 8.06. The fourth-order valence-electron chi connectivity index (χ4n) is 0.847. The van der Waals surface area contributed by atoms with Gasteiger partial charge in [-0.2, -0.15) is 11.8 Å². The summed E-state index contributed by atoms with van der Waals surface area (Å²) < 4.78 is 21.7. The number of guanidine groups is 1. The number of hydrogen-bond donors (Lipinski definition) is 2. The molecule has 5 nitrogen and oxygen atoms in total. The first kappa shape index (κ1) is 14.6. The lowest BCUT2D eigenvalue weighted by Crippen LogP contribution is -2.40. The Balaban J connectivity index is 3.73. The van der Waals surface area contributed by atoms with Gasteiger partial charge in [-0.15, -0.1) is 0 Å². The van der Waals surface area contributed by atoms with Gasteiger partial charge in [-0.1, -0.05) is 0 Å². The van der Waals surface area contributed by atoms with Gasteiger partial charge in [-0.3, -0.25) is 4.99 Å². The van der Waals surface area contributed by atoms with E-state index in [9.17, 15) is 8.42 Å². The van der Waals surface area contributed by atoms with Crippen molar-refractivity contribution in [1.82, 2.24) is 10.6 Å². The molecular formula is C8H19N3O2S2. The zero-order valence-electron chi connectivity index (χ0n) is 9.41. The first-order chi connectivity index (χ1) is 6.99. The summed E-state index contributed by atoms with van der Waals surface area (Å²) in [6.07, 6.45) is 3.25. The van der Waals surface area contributed by atoms with Crippen LogP contribution < -0.4 is 10.6 Å². The van der Waals surface area contributed by atoms with E-state index >= 15 is 0 Å². The molecule has 0 aromatic heterocycles. The van der Waals surface area contributed by atoms with E-state index in [4.69, 9.17) is 0 Å². The molecule has 0 radical (unpaired) electrons. The molecule has 0 atom stereocenters. The molecule has 2 N–H and O–H groups in total. The molecule has 0 spiro atoms. The van der Waals surface area contributed by atoms with Crippen LogP contribution in [0.25, 0.3) is 0 Å². The zero-order valence-corrected chi connectivity index (χ0v) is 11.0. The SMILES string of the molecule is CN=C(NCCSC)NCCS(C)(=O)=O. The van der Waals surface area contributed by atoms with Crippen molar-refractivity contribution in [3.63, 3.8) is 0 Å². The second-order valence-corrected chi connectivity index (χ2v) is 6.29. The number of nitrogens with one attached hydrogen (secondary N) is 2. The molecule has 0 saturated heterocycles. The summed E-state index contributed by atoms with van der Waals surface area (Å²) in [6.45, 7) is 1.21. The molecule has 0 rings (SSSR count). The minimum Gasteiger partial charge on any atom is -0.356 e. The van der Waals surface area contributed by atoms with Crippen LogP contribution in [-0.4, -0.2) is 58.5 Å². The Morgan fingerprint density at radius 1 is 1.33 bits per heavy atom. The van der Waals surface area contributed by atoms with E-state index in [1.807, 2.05) is 6.26 Å². The van der Waals surface area contributed by atoms with Crippen molar-refractivity contribution in [3.8, 4) is 0 Å². The Labute approximate surface area is 96.0 Å². The van der Waals surface area contributed by atoms with E-state index in [0.717, 1.165) is 12.3 Å². The largest absolute Gasteiger partial charge is 0.356 e. The van der Waals surface area contributed by atoms with E-state index in [2.05, 4.69) is 15.6 Å². The Morgan fingerprint density at radius 3 is 2.40 bits per heavy atom. The maximum absolute atomic E-state index is 10.9. The lowest BCUT2D eigenvalue weighted by molar-refractivity contribution is 0.600. The van der Waals surface area contributed by atoms with Crippen LogP contribution in [0, 0.1) is 0 Å². The molecule has 7 heteroatoms. The molecule has 0 aliphatic heterocycles. The molecule has 90 valence electrons. The highest BCUT2D eigenvalue weighted by Crippen LogP contribution is 1.87. The first-order valence-electron chi connectivity index (χ1n) is 4.61. The summed E-state index contributed by atoms with van der Waals surface area (Å²) >= 11 is 1.74. The van der Waals surface area contributed by atoms with Crippen molar-refractivity contribution in [2.45, 2.75) is 0 Å². The molecule has 0 aromatic rings. The third-order valence-electron chi connectivity index (χ3n) is 1.59. The average molecular weight is 253 g/mol. The summed E-state index contributed by atoms with van der Waals surface area (Å²) in [5.74, 6) is 1.76. The molecule has 0 bridgehead atoms. The lowest BCUT2D eigenvalue weighted by Gasteiger charge is -2.10. The smallest absolute Gasteiger partial charge is 0.191 e. The molecule has 0 heterocycles. The van der Waals surface area contributed by atoms with Crippen LogP contribution in [0.15, 0.2) is 4.99 Å². The molecule has 0 aliphatic rings. The highest BCUT2D eigenvalue weighted by atomic mass is 32.2. The summed E-state index contributed by atoms with van der Waals surface area (Å²) in [7, 11) is -1.24. The second-order valence-electron chi connectivity index (χ2n) is 3.05. The van der Waals surface area contributed by atoms with Crippen LogP contribution in [0.2, 0.25) is 0 Å². The zero-order chi connectivity index (χ0) is 11.7. The van der Waals surface area contributed by atoms with Crippen molar-refractivity contribution < 1.29 is 8.42 Å². The topological polar surface area (TPSA) is 70.6 Å². The van der Waals surface area contributed by atoms with Crippen LogP contribution >= 0.6 is 11.8 Å². The number of hydrogen-bond acceptors (Lipinski definition) is 4. The van der Waals surface area contributed by atoms with Crippen molar-refractivity contribution in [2.24, 2.45) is 4.99 Å². The molecule has 0 saturated carbocycles. The lowest BCUT2D eigenvalue weighted by atomic mass is 10.6. The number of rotatable bonds is 6. The van der Waals surface area contributed by atoms with Gasteiger partial charge in [0.15, 0.2) is 5.96 Å². The van der Waals surface area contributed by atoms with Gasteiger partial charge in [-0.05, 0) is 6.26 Å². The molecule has 0 aromatic carbocycles. The van der Waals surface area contributed by atoms with Crippen molar-refractivity contribution >= 4 is 27.6 Å². The van der Waals surface area contributed by atoms with E-state index in [1.165, 1.54) is 6.26 Å². The highest BCUT2D eigenvalue weighted by molar-refractivity contribution is 7.98. The Kier molecular flexibility index (Phi) is 7.59. The summed E-state index contributed by atoms with van der Waals surface area (Å²) in [5, 5.41) is 6.02. The Morgan fingerprint density at radius 2 is 1.93 bits per heavy atom. The van der Waals surface area contributed by atoms with E-state index < -0.39 is 9.84 Å². The highest BCUT2D eigenvalue weighted by Gasteiger charge is 2.02. The average Bonchev–Trinajstić information content (AvgIpc) is 2.14.